The quantitative estimate of drug-likeness (QED) is 0.567. The van der Waals surface area contributed by atoms with Gasteiger partial charge in [-0.25, -0.2) is 0 Å². The van der Waals surface area contributed by atoms with Gasteiger partial charge in [-0.2, -0.15) is 0 Å². The Labute approximate surface area is 136 Å². The first-order valence-corrected chi connectivity index (χ1v) is 8.11. The summed E-state index contributed by atoms with van der Waals surface area (Å²) in [4.78, 5) is 5.75. The van der Waals surface area contributed by atoms with Crippen LogP contribution in [0.3, 0.4) is 0 Å². The third kappa shape index (κ3) is 2.31. The fourth-order valence-corrected chi connectivity index (χ4v) is 3.92. The Morgan fingerprint density at radius 2 is 1.95 bits per heavy atom. The third-order valence-corrected chi connectivity index (χ3v) is 5.51. The van der Waals surface area contributed by atoms with Gasteiger partial charge in [-0.15, -0.1) is 11.3 Å². The lowest BCUT2D eigenvalue weighted by Gasteiger charge is -2.13. The lowest BCUT2D eigenvalue weighted by atomic mass is 10.2. The molecule has 0 aliphatic heterocycles. The van der Waals surface area contributed by atoms with Gasteiger partial charge in [-0.05, 0) is 50.3 Å². The Balaban J connectivity index is 2.23. The molecule has 0 saturated heterocycles. The monoisotopic (exact) mass is 342 g/mol. The average molecular weight is 343 g/mol. The molecule has 1 unspecified atom stereocenters. The zero-order valence-corrected chi connectivity index (χ0v) is 14.1. The SMILES string of the molecule is Cc1ccc(C(C)n2c(=S)[nH]c3cc(Cl)c(Cl)cc32)s1. The molecule has 3 aromatic rings. The summed E-state index contributed by atoms with van der Waals surface area (Å²) in [5.41, 5.74) is 1.88. The Morgan fingerprint density at radius 3 is 2.60 bits per heavy atom. The normalized spacial score (nSPS) is 13.0. The van der Waals surface area contributed by atoms with Gasteiger partial charge < -0.3 is 9.55 Å². The molecule has 2 heterocycles. The maximum absolute atomic E-state index is 6.13. The van der Waals surface area contributed by atoms with Gasteiger partial charge in [0.05, 0.1) is 27.1 Å². The van der Waals surface area contributed by atoms with E-state index in [2.05, 4.69) is 35.5 Å². The molecule has 0 saturated carbocycles. The summed E-state index contributed by atoms with van der Waals surface area (Å²) in [6.45, 7) is 4.24. The van der Waals surface area contributed by atoms with Crippen LogP contribution < -0.4 is 0 Å². The first-order valence-electron chi connectivity index (χ1n) is 6.13. The number of fused-ring (bicyclic) bond motifs is 1. The number of nitrogens with one attached hydrogen (secondary N) is 1. The number of halogens is 2. The summed E-state index contributed by atoms with van der Waals surface area (Å²) in [6, 6.07) is 8.11. The minimum atomic E-state index is 0.159. The number of aryl methyl sites for hydroxylation is 1. The van der Waals surface area contributed by atoms with Crippen molar-refractivity contribution in [3.63, 3.8) is 0 Å². The van der Waals surface area contributed by atoms with E-state index in [1.807, 2.05) is 12.1 Å². The van der Waals surface area contributed by atoms with E-state index in [-0.39, 0.29) is 6.04 Å². The molecule has 6 heteroatoms. The minimum absolute atomic E-state index is 0.159. The minimum Gasteiger partial charge on any atom is -0.331 e. The van der Waals surface area contributed by atoms with E-state index in [1.165, 1.54) is 9.75 Å². The molecule has 1 atom stereocenters. The second-order valence-corrected chi connectivity index (χ2v) is 7.23. The largest absolute Gasteiger partial charge is 0.331 e. The Kier molecular flexibility index (Phi) is 3.67. The fraction of sp³-hybridized carbons (Fsp3) is 0.214. The lowest BCUT2D eigenvalue weighted by molar-refractivity contribution is 0.661. The molecule has 1 N–H and O–H groups in total. The molecule has 0 bridgehead atoms. The summed E-state index contributed by atoms with van der Waals surface area (Å²) in [6.07, 6.45) is 0. The van der Waals surface area contributed by atoms with Crippen molar-refractivity contribution in [2.75, 3.05) is 0 Å². The number of H-pyrrole nitrogens is 1. The molecular formula is C14H12Cl2N2S2. The van der Waals surface area contributed by atoms with Gasteiger partial charge in [0.1, 0.15) is 0 Å². The van der Waals surface area contributed by atoms with Crippen LogP contribution in [0.25, 0.3) is 11.0 Å². The highest BCUT2D eigenvalue weighted by atomic mass is 35.5. The van der Waals surface area contributed by atoms with E-state index in [1.54, 1.807) is 11.3 Å². The maximum Gasteiger partial charge on any atom is 0.178 e. The Morgan fingerprint density at radius 1 is 1.25 bits per heavy atom. The van der Waals surface area contributed by atoms with E-state index in [4.69, 9.17) is 35.4 Å². The molecule has 0 amide bonds. The van der Waals surface area contributed by atoms with Gasteiger partial charge in [-0.3, -0.25) is 0 Å². The van der Waals surface area contributed by atoms with Gasteiger partial charge in [0, 0.05) is 9.75 Å². The van der Waals surface area contributed by atoms with Crippen LogP contribution in [0.15, 0.2) is 24.3 Å². The fourth-order valence-electron chi connectivity index (χ4n) is 2.31. The van der Waals surface area contributed by atoms with Crippen molar-refractivity contribution in [3.05, 3.63) is 48.8 Å². The lowest BCUT2D eigenvalue weighted by Crippen LogP contribution is -2.04. The number of imidazole rings is 1. The molecule has 104 valence electrons. The number of nitrogens with zero attached hydrogens (tertiary/aromatic N) is 1. The van der Waals surface area contributed by atoms with Gasteiger partial charge in [0.15, 0.2) is 4.77 Å². The summed E-state index contributed by atoms with van der Waals surface area (Å²) in [5, 5.41) is 1.07. The molecule has 2 nitrogen and oxygen atoms in total. The van der Waals surface area contributed by atoms with Gasteiger partial charge >= 0.3 is 0 Å². The molecule has 0 aliphatic rings. The molecule has 1 aromatic carbocycles. The number of hydrogen-bond acceptors (Lipinski definition) is 2. The van der Waals surface area contributed by atoms with E-state index in [0.29, 0.717) is 14.8 Å². The number of aromatic amines is 1. The zero-order chi connectivity index (χ0) is 14.4. The van der Waals surface area contributed by atoms with E-state index in [0.717, 1.165) is 11.0 Å². The highest BCUT2D eigenvalue weighted by Crippen LogP contribution is 2.32. The summed E-state index contributed by atoms with van der Waals surface area (Å²) >= 11 is 19.4. The second kappa shape index (κ2) is 5.19. The Bertz CT molecular complexity index is 845. The van der Waals surface area contributed by atoms with Crippen LogP contribution >= 0.6 is 46.8 Å². The van der Waals surface area contributed by atoms with Crippen molar-refractivity contribution in [2.24, 2.45) is 0 Å². The van der Waals surface area contributed by atoms with Crippen LogP contribution in [0, 0.1) is 11.7 Å². The molecule has 0 spiro atoms. The van der Waals surface area contributed by atoms with E-state index < -0.39 is 0 Å². The highest BCUT2D eigenvalue weighted by molar-refractivity contribution is 7.71. The zero-order valence-electron chi connectivity index (χ0n) is 10.9. The average Bonchev–Trinajstić information content (AvgIpc) is 2.93. The number of hydrogen-bond donors (Lipinski definition) is 1. The van der Waals surface area contributed by atoms with Crippen LogP contribution in [-0.2, 0) is 0 Å². The van der Waals surface area contributed by atoms with E-state index in [9.17, 15) is 0 Å². The number of benzene rings is 1. The van der Waals surface area contributed by atoms with Gasteiger partial charge in [0.25, 0.3) is 0 Å². The van der Waals surface area contributed by atoms with Crippen LogP contribution in [0.4, 0.5) is 0 Å². The van der Waals surface area contributed by atoms with Crippen molar-refractivity contribution in [1.82, 2.24) is 9.55 Å². The predicted molar refractivity (Wildman–Crippen MR) is 90.0 cm³/mol. The van der Waals surface area contributed by atoms with Crippen LogP contribution in [0.5, 0.6) is 0 Å². The second-order valence-electron chi connectivity index (χ2n) is 4.71. The molecular weight excluding hydrogens is 331 g/mol. The van der Waals surface area contributed by atoms with Crippen molar-refractivity contribution < 1.29 is 0 Å². The maximum atomic E-state index is 6.13. The Hall–Kier alpha value is -0.810. The van der Waals surface area contributed by atoms with Crippen molar-refractivity contribution >= 4 is 57.8 Å². The molecule has 20 heavy (non-hydrogen) atoms. The van der Waals surface area contributed by atoms with Crippen LogP contribution in [0.1, 0.15) is 22.7 Å². The summed E-state index contributed by atoms with van der Waals surface area (Å²) in [5.74, 6) is 0. The first kappa shape index (κ1) is 14.1. The standard InChI is InChI=1S/C14H12Cl2N2S2/c1-7-3-4-13(20-7)8(2)18-12-6-10(16)9(15)5-11(12)17-14(18)19/h3-6,8H,1-2H3,(H,17,19). The molecule has 3 rings (SSSR count). The summed E-state index contributed by atoms with van der Waals surface area (Å²) in [7, 11) is 0. The van der Waals surface area contributed by atoms with Crippen molar-refractivity contribution in [3.8, 4) is 0 Å². The smallest absolute Gasteiger partial charge is 0.178 e. The number of aromatic nitrogens is 2. The topological polar surface area (TPSA) is 20.7 Å². The van der Waals surface area contributed by atoms with Crippen LogP contribution in [0.2, 0.25) is 10.0 Å². The third-order valence-electron chi connectivity index (χ3n) is 3.32. The van der Waals surface area contributed by atoms with Crippen LogP contribution in [-0.4, -0.2) is 9.55 Å². The molecule has 2 aromatic heterocycles. The first-order chi connectivity index (χ1) is 9.47. The summed E-state index contributed by atoms with van der Waals surface area (Å²) < 4.78 is 2.76. The van der Waals surface area contributed by atoms with Crippen molar-refractivity contribution in [2.45, 2.75) is 19.9 Å². The van der Waals surface area contributed by atoms with Gasteiger partial charge in [0.2, 0.25) is 0 Å². The number of rotatable bonds is 2. The molecule has 0 aliphatic carbocycles. The number of thiophene rings is 1. The highest BCUT2D eigenvalue weighted by Gasteiger charge is 2.16. The van der Waals surface area contributed by atoms with E-state index >= 15 is 0 Å². The molecule has 0 fully saturated rings. The predicted octanol–water partition coefficient (Wildman–Crippen LogP) is 5.98. The van der Waals surface area contributed by atoms with Gasteiger partial charge in [-0.1, -0.05) is 23.2 Å². The van der Waals surface area contributed by atoms with Crippen molar-refractivity contribution in [1.29, 1.82) is 0 Å². The molecule has 0 radical (unpaired) electrons.